The van der Waals surface area contributed by atoms with E-state index in [0.29, 0.717) is 5.69 Å². The van der Waals surface area contributed by atoms with Gasteiger partial charge < -0.3 is 5.32 Å². The third-order valence-electron chi connectivity index (χ3n) is 2.06. The highest BCUT2D eigenvalue weighted by Crippen LogP contribution is 2.23. The number of halogens is 1. The number of hydrogen-bond donors (Lipinski definition) is 1. The molecule has 0 atom stereocenters. The molecule has 0 aliphatic rings. The predicted octanol–water partition coefficient (Wildman–Crippen LogP) is 3.30. The second-order valence-electron chi connectivity index (χ2n) is 3.12. The second kappa shape index (κ2) is 4.94. The first kappa shape index (κ1) is 10.9. The van der Waals surface area contributed by atoms with Gasteiger partial charge in [-0.25, -0.2) is 4.98 Å². The van der Waals surface area contributed by atoms with Gasteiger partial charge in [0.15, 0.2) is 5.69 Å². The lowest BCUT2D eigenvalue weighted by Gasteiger charge is -2.08. The van der Waals surface area contributed by atoms with Crippen molar-refractivity contribution in [1.29, 1.82) is 5.26 Å². The molecule has 2 aromatic rings. The zero-order valence-electron chi connectivity index (χ0n) is 8.31. The van der Waals surface area contributed by atoms with Crippen LogP contribution in [0, 0.1) is 14.9 Å². The molecule has 3 nitrogen and oxygen atoms in total. The number of pyridine rings is 1. The van der Waals surface area contributed by atoms with Crippen LogP contribution in [0.3, 0.4) is 0 Å². The quantitative estimate of drug-likeness (QED) is 0.864. The Balaban J connectivity index is 2.35. The van der Waals surface area contributed by atoms with Crippen LogP contribution in [0.15, 0.2) is 42.6 Å². The highest BCUT2D eigenvalue weighted by Gasteiger charge is 2.04. The lowest BCUT2D eigenvalue weighted by molar-refractivity contribution is 1.26. The summed E-state index contributed by atoms with van der Waals surface area (Å²) in [7, 11) is 0. The van der Waals surface area contributed by atoms with E-state index < -0.39 is 0 Å². The van der Waals surface area contributed by atoms with E-state index in [9.17, 15) is 0 Å². The SMILES string of the molecule is N#Cc1ncccc1Nc1ccccc1I. The Morgan fingerprint density at radius 3 is 2.62 bits per heavy atom. The second-order valence-corrected chi connectivity index (χ2v) is 4.28. The Morgan fingerprint density at radius 2 is 1.88 bits per heavy atom. The predicted molar refractivity (Wildman–Crippen MR) is 71.4 cm³/mol. The van der Waals surface area contributed by atoms with E-state index in [0.717, 1.165) is 14.9 Å². The number of benzene rings is 1. The van der Waals surface area contributed by atoms with E-state index in [1.54, 1.807) is 12.3 Å². The summed E-state index contributed by atoms with van der Waals surface area (Å²) in [6.45, 7) is 0. The number of rotatable bonds is 2. The van der Waals surface area contributed by atoms with E-state index in [1.165, 1.54) is 0 Å². The minimum Gasteiger partial charge on any atom is -0.352 e. The van der Waals surface area contributed by atoms with Crippen LogP contribution in [0.2, 0.25) is 0 Å². The Bertz CT molecular complexity index is 546. The van der Waals surface area contributed by atoms with Crippen LogP contribution in [0.5, 0.6) is 0 Å². The lowest BCUT2D eigenvalue weighted by Crippen LogP contribution is -1.96. The molecule has 1 N–H and O–H groups in total. The van der Waals surface area contributed by atoms with E-state index in [4.69, 9.17) is 5.26 Å². The summed E-state index contributed by atoms with van der Waals surface area (Å²) in [6, 6.07) is 13.6. The van der Waals surface area contributed by atoms with E-state index in [2.05, 4.69) is 39.0 Å². The molecule has 0 amide bonds. The summed E-state index contributed by atoms with van der Waals surface area (Å²) in [5.74, 6) is 0. The highest BCUT2D eigenvalue weighted by atomic mass is 127. The summed E-state index contributed by atoms with van der Waals surface area (Å²) >= 11 is 2.25. The summed E-state index contributed by atoms with van der Waals surface area (Å²) in [5, 5.41) is 12.1. The first-order valence-electron chi connectivity index (χ1n) is 4.68. The maximum atomic E-state index is 8.91. The zero-order chi connectivity index (χ0) is 11.4. The molecule has 78 valence electrons. The molecule has 4 heteroatoms. The summed E-state index contributed by atoms with van der Waals surface area (Å²) in [6.07, 6.45) is 1.61. The molecule has 2 rings (SSSR count). The Hall–Kier alpha value is -1.61. The van der Waals surface area contributed by atoms with Crippen LogP contribution in [0.4, 0.5) is 11.4 Å². The molecule has 0 saturated carbocycles. The van der Waals surface area contributed by atoms with Crippen molar-refractivity contribution in [3.8, 4) is 6.07 Å². The molecule has 0 aliphatic heterocycles. The molecule has 0 bridgehead atoms. The molecular formula is C12H8IN3. The van der Waals surface area contributed by atoms with Crippen LogP contribution < -0.4 is 5.32 Å². The normalized spacial score (nSPS) is 9.50. The van der Waals surface area contributed by atoms with Crippen molar-refractivity contribution in [2.75, 3.05) is 5.32 Å². The Labute approximate surface area is 107 Å². The molecular weight excluding hydrogens is 313 g/mol. The van der Waals surface area contributed by atoms with Gasteiger partial charge in [0, 0.05) is 9.77 Å². The van der Waals surface area contributed by atoms with Gasteiger partial charge in [-0.05, 0) is 46.9 Å². The minimum absolute atomic E-state index is 0.405. The zero-order valence-corrected chi connectivity index (χ0v) is 10.5. The van der Waals surface area contributed by atoms with Gasteiger partial charge in [-0.1, -0.05) is 12.1 Å². The number of nitrogens with one attached hydrogen (secondary N) is 1. The molecule has 0 radical (unpaired) electrons. The van der Waals surface area contributed by atoms with Gasteiger partial charge in [0.1, 0.15) is 6.07 Å². The van der Waals surface area contributed by atoms with Crippen LogP contribution in [0.25, 0.3) is 0 Å². The van der Waals surface area contributed by atoms with Gasteiger partial charge in [0.05, 0.1) is 11.4 Å². The highest BCUT2D eigenvalue weighted by molar-refractivity contribution is 14.1. The maximum absolute atomic E-state index is 8.91. The topological polar surface area (TPSA) is 48.7 Å². The first-order chi connectivity index (χ1) is 7.81. The molecule has 0 spiro atoms. The molecule has 1 aromatic heterocycles. The van der Waals surface area contributed by atoms with Crippen molar-refractivity contribution >= 4 is 34.0 Å². The standard InChI is InChI=1S/C12H8IN3/c13-9-4-1-2-5-10(9)16-11-6-3-7-15-12(11)8-14/h1-7,16H. The number of nitriles is 1. The Kier molecular flexibility index (Phi) is 3.37. The molecule has 0 saturated heterocycles. The van der Waals surface area contributed by atoms with Crippen molar-refractivity contribution in [2.24, 2.45) is 0 Å². The van der Waals surface area contributed by atoms with Crippen molar-refractivity contribution in [3.63, 3.8) is 0 Å². The maximum Gasteiger partial charge on any atom is 0.163 e. The van der Waals surface area contributed by atoms with Crippen molar-refractivity contribution in [3.05, 3.63) is 51.9 Å². The fourth-order valence-corrected chi connectivity index (χ4v) is 1.83. The number of para-hydroxylation sites is 1. The van der Waals surface area contributed by atoms with E-state index in [1.807, 2.05) is 30.3 Å². The van der Waals surface area contributed by atoms with Crippen LogP contribution in [0.1, 0.15) is 5.69 Å². The van der Waals surface area contributed by atoms with Gasteiger partial charge in [0.2, 0.25) is 0 Å². The van der Waals surface area contributed by atoms with Gasteiger partial charge in [-0.2, -0.15) is 5.26 Å². The molecule has 0 unspecified atom stereocenters. The number of nitrogens with zero attached hydrogens (tertiary/aromatic N) is 2. The fraction of sp³-hybridized carbons (Fsp3) is 0. The molecule has 0 fully saturated rings. The van der Waals surface area contributed by atoms with E-state index in [-0.39, 0.29) is 0 Å². The first-order valence-corrected chi connectivity index (χ1v) is 5.76. The van der Waals surface area contributed by atoms with Gasteiger partial charge in [-0.15, -0.1) is 0 Å². The van der Waals surface area contributed by atoms with Gasteiger partial charge in [-0.3, -0.25) is 0 Å². The molecule has 0 aliphatic carbocycles. The fourth-order valence-electron chi connectivity index (χ4n) is 1.30. The summed E-state index contributed by atoms with van der Waals surface area (Å²) < 4.78 is 1.10. The van der Waals surface area contributed by atoms with Crippen molar-refractivity contribution in [1.82, 2.24) is 4.98 Å². The van der Waals surface area contributed by atoms with E-state index >= 15 is 0 Å². The monoisotopic (exact) mass is 321 g/mol. The summed E-state index contributed by atoms with van der Waals surface area (Å²) in [4.78, 5) is 4.00. The van der Waals surface area contributed by atoms with Crippen molar-refractivity contribution in [2.45, 2.75) is 0 Å². The van der Waals surface area contributed by atoms with Crippen LogP contribution >= 0.6 is 22.6 Å². The third kappa shape index (κ3) is 2.31. The lowest BCUT2D eigenvalue weighted by atomic mass is 10.2. The molecule has 1 heterocycles. The average Bonchev–Trinajstić information content (AvgIpc) is 2.33. The number of hydrogen-bond acceptors (Lipinski definition) is 3. The summed E-state index contributed by atoms with van der Waals surface area (Å²) in [5.41, 5.74) is 2.11. The third-order valence-corrected chi connectivity index (χ3v) is 3.00. The van der Waals surface area contributed by atoms with Gasteiger partial charge >= 0.3 is 0 Å². The van der Waals surface area contributed by atoms with Crippen LogP contribution in [-0.2, 0) is 0 Å². The van der Waals surface area contributed by atoms with Crippen molar-refractivity contribution < 1.29 is 0 Å². The van der Waals surface area contributed by atoms with Gasteiger partial charge in [0.25, 0.3) is 0 Å². The average molecular weight is 321 g/mol. The number of aromatic nitrogens is 1. The minimum atomic E-state index is 0.405. The number of anilines is 2. The molecule has 16 heavy (non-hydrogen) atoms. The molecule has 1 aromatic carbocycles. The Morgan fingerprint density at radius 1 is 1.12 bits per heavy atom. The smallest absolute Gasteiger partial charge is 0.163 e. The van der Waals surface area contributed by atoms with Crippen LogP contribution in [-0.4, -0.2) is 4.98 Å². The largest absolute Gasteiger partial charge is 0.352 e.